The van der Waals surface area contributed by atoms with E-state index in [1.54, 1.807) is 6.92 Å². The fourth-order valence-corrected chi connectivity index (χ4v) is 1.34. The largest absolute Gasteiger partial charge is 0.416 e. The number of nitrogens with two attached hydrogens (primary N) is 1. The molecule has 0 aliphatic heterocycles. The molecule has 3 N–H and O–H groups in total. The fraction of sp³-hybridized carbons (Fsp3) is 0.333. The molecular weight excluding hydrogens is 277 g/mol. The minimum absolute atomic E-state index is 0.156. The van der Waals surface area contributed by atoms with Crippen LogP contribution in [0.25, 0.3) is 0 Å². The Bertz CT molecular complexity index is 471. The summed E-state index contributed by atoms with van der Waals surface area (Å²) in [7, 11) is 0. The van der Waals surface area contributed by atoms with Gasteiger partial charge >= 0.3 is 6.18 Å². The number of carbonyl (C=O) groups is 1. The standard InChI is InChI=1S/C12H13F3N2OS/c1-7(10(16)19)6-17-11(18)8-2-4-9(5-3-8)12(13,14)15/h2-5,7H,6H2,1H3,(H2,16,19)(H,17,18). The van der Waals surface area contributed by atoms with Crippen LogP contribution in [0.15, 0.2) is 24.3 Å². The molecule has 0 spiro atoms. The van der Waals surface area contributed by atoms with Crippen LogP contribution in [0.3, 0.4) is 0 Å². The number of hydrogen-bond acceptors (Lipinski definition) is 2. The third-order valence-electron chi connectivity index (χ3n) is 2.53. The Hall–Kier alpha value is -1.63. The van der Waals surface area contributed by atoms with Crippen molar-refractivity contribution in [2.45, 2.75) is 13.1 Å². The van der Waals surface area contributed by atoms with E-state index < -0.39 is 17.6 Å². The predicted molar refractivity (Wildman–Crippen MR) is 69.7 cm³/mol. The fourth-order valence-electron chi connectivity index (χ4n) is 1.26. The van der Waals surface area contributed by atoms with Crippen LogP contribution in [0, 0.1) is 5.92 Å². The second-order valence-electron chi connectivity index (χ2n) is 4.09. The number of carbonyl (C=O) groups excluding carboxylic acids is 1. The molecule has 0 aliphatic carbocycles. The van der Waals surface area contributed by atoms with Crippen LogP contribution in [0.5, 0.6) is 0 Å². The van der Waals surface area contributed by atoms with Gasteiger partial charge in [-0.2, -0.15) is 13.2 Å². The van der Waals surface area contributed by atoms with E-state index in [4.69, 9.17) is 18.0 Å². The van der Waals surface area contributed by atoms with Crippen molar-refractivity contribution in [2.75, 3.05) is 6.54 Å². The average Bonchev–Trinajstić information content (AvgIpc) is 2.34. The number of hydrogen-bond donors (Lipinski definition) is 2. The van der Waals surface area contributed by atoms with Crippen molar-refractivity contribution in [1.29, 1.82) is 0 Å². The molecule has 1 unspecified atom stereocenters. The Morgan fingerprint density at radius 2 is 1.89 bits per heavy atom. The number of halogens is 3. The molecule has 0 aromatic heterocycles. The summed E-state index contributed by atoms with van der Waals surface area (Å²) < 4.78 is 37.0. The normalized spacial score (nSPS) is 12.8. The summed E-state index contributed by atoms with van der Waals surface area (Å²) in [5.74, 6) is -0.634. The number of alkyl halides is 3. The van der Waals surface area contributed by atoms with Gasteiger partial charge in [-0.05, 0) is 24.3 Å². The van der Waals surface area contributed by atoms with Crippen LogP contribution in [-0.2, 0) is 6.18 Å². The Kier molecular flexibility index (Phi) is 4.88. The van der Waals surface area contributed by atoms with Gasteiger partial charge in [0.05, 0.1) is 10.6 Å². The zero-order chi connectivity index (χ0) is 14.6. The van der Waals surface area contributed by atoms with Gasteiger partial charge in [0.25, 0.3) is 5.91 Å². The summed E-state index contributed by atoms with van der Waals surface area (Å²) in [6.45, 7) is 1.99. The van der Waals surface area contributed by atoms with Crippen molar-refractivity contribution in [2.24, 2.45) is 11.7 Å². The van der Waals surface area contributed by atoms with E-state index in [0.29, 0.717) is 0 Å². The number of benzene rings is 1. The average molecular weight is 290 g/mol. The first kappa shape index (κ1) is 15.4. The molecule has 7 heteroatoms. The Morgan fingerprint density at radius 1 is 1.37 bits per heavy atom. The summed E-state index contributed by atoms with van der Waals surface area (Å²) in [4.78, 5) is 11.9. The number of thiocarbonyl (C=S) groups is 1. The smallest absolute Gasteiger partial charge is 0.393 e. The van der Waals surface area contributed by atoms with Crippen LogP contribution in [0.4, 0.5) is 13.2 Å². The van der Waals surface area contributed by atoms with Gasteiger partial charge in [0.2, 0.25) is 0 Å². The molecule has 0 saturated carbocycles. The monoisotopic (exact) mass is 290 g/mol. The maximum Gasteiger partial charge on any atom is 0.416 e. The van der Waals surface area contributed by atoms with Gasteiger partial charge in [-0.15, -0.1) is 0 Å². The molecular formula is C12H13F3N2OS. The summed E-state index contributed by atoms with van der Waals surface area (Å²) >= 11 is 4.75. The molecule has 0 aliphatic rings. The molecule has 104 valence electrons. The minimum Gasteiger partial charge on any atom is -0.393 e. The maximum atomic E-state index is 12.3. The van der Waals surface area contributed by atoms with Crippen molar-refractivity contribution in [3.05, 3.63) is 35.4 Å². The molecule has 1 aromatic carbocycles. The number of rotatable bonds is 4. The van der Waals surface area contributed by atoms with E-state index in [0.717, 1.165) is 24.3 Å². The molecule has 0 saturated heterocycles. The van der Waals surface area contributed by atoms with Crippen LogP contribution >= 0.6 is 12.2 Å². The van der Waals surface area contributed by atoms with Crippen molar-refractivity contribution in [1.82, 2.24) is 5.32 Å². The molecule has 3 nitrogen and oxygen atoms in total. The third kappa shape index (κ3) is 4.51. The molecule has 1 rings (SSSR count). The first-order valence-electron chi connectivity index (χ1n) is 5.46. The van der Waals surface area contributed by atoms with E-state index in [-0.39, 0.29) is 23.0 Å². The lowest BCUT2D eigenvalue weighted by Crippen LogP contribution is -2.33. The third-order valence-corrected chi connectivity index (χ3v) is 2.93. The first-order valence-corrected chi connectivity index (χ1v) is 5.87. The first-order chi connectivity index (χ1) is 8.71. The van der Waals surface area contributed by atoms with E-state index in [9.17, 15) is 18.0 Å². The van der Waals surface area contributed by atoms with Gasteiger partial charge in [0, 0.05) is 18.0 Å². The predicted octanol–water partition coefficient (Wildman–Crippen LogP) is 2.36. The lowest BCUT2D eigenvalue weighted by molar-refractivity contribution is -0.137. The highest BCUT2D eigenvalue weighted by Crippen LogP contribution is 2.28. The Morgan fingerprint density at radius 3 is 2.32 bits per heavy atom. The van der Waals surface area contributed by atoms with Crippen LogP contribution in [-0.4, -0.2) is 17.4 Å². The van der Waals surface area contributed by atoms with Gasteiger partial charge in [-0.25, -0.2) is 0 Å². The number of amides is 1. The topological polar surface area (TPSA) is 55.1 Å². The summed E-state index contributed by atoms with van der Waals surface area (Å²) in [5.41, 5.74) is 4.75. The molecule has 0 fully saturated rings. The van der Waals surface area contributed by atoms with Crippen molar-refractivity contribution in [3.63, 3.8) is 0 Å². The highest BCUT2D eigenvalue weighted by atomic mass is 32.1. The molecule has 1 amide bonds. The summed E-state index contributed by atoms with van der Waals surface area (Å²) in [5, 5.41) is 2.55. The van der Waals surface area contributed by atoms with E-state index in [1.165, 1.54) is 0 Å². The second kappa shape index (κ2) is 6.01. The molecule has 19 heavy (non-hydrogen) atoms. The quantitative estimate of drug-likeness (QED) is 0.837. The summed E-state index contributed by atoms with van der Waals surface area (Å²) in [6.07, 6.45) is -4.41. The van der Waals surface area contributed by atoms with Crippen molar-refractivity contribution >= 4 is 23.1 Å². The molecule has 0 radical (unpaired) electrons. The summed E-state index contributed by atoms with van der Waals surface area (Å²) in [6, 6.07) is 3.99. The van der Waals surface area contributed by atoms with Gasteiger partial charge in [0.15, 0.2) is 0 Å². The highest BCUT2D eigenvalue weighted by Gasteiger charge is 2.30. The zero-order valence-electron chi connectivity index (χ0n) is 10.1. The van der Waals surface area contributed by atoms with Crippen LogP contribution in [0.2, 0.25) is 0 Å². The lowest BCUT2D eigenvalue weighted by atomic mass is 10.1. The van der Waals surface area contributed by atoms with Crippen LogP contribution < -0.4 is 11.1 Å². The van der Waals surface area contributed by atoms with Gasteiger partial charge in [-0.1, -0.05) is 19.1 Å². The molecule has 1 aromatic rings. The number of nitrogens with one attached hydrogen (secondary N) is 1. The van der Waals surface area contributed by atoms with Crippen LogP contribution in [0.1, 0.15) is 22.8 Å². The van der Waals surface area contributed by atoms with Gasteiger partial charge < -0.3 is 11.1 Å². The lowest BCUT2D eigenvalue weighted by Gasteiger charge is -2.11. The highest BCUT2D eigenvalue weighted by molar-refractivity contribution is 7.80. The van der Waals surface area contributed by atoms with Crippen molar-refractivity contribution in [3.8, 4) is 0 Å². The Labute approximate surface area is 114 Å². The van der Waals surface area contributed by atoms with Gasteiger partial charge in [-0.3, -0.25) is 4.79 Å². The van der Waals surface area contributed by atoms with Crippen molar-refractivity contribution < 1.29 is 18.0 Å². The molecule has 1 atom stereocenters. The molecule has 0 heterocycles. The SMILES string of the molecule is CC(CNC(=O)c1ccc(C(F)(F)F)cc1)C(N)=S. The van der Waals surface area contributed by atoms with E-state index in [1.807, 2.05) is 0 Å². The zero-order valence-corrected chi connectivity index (χ0v) is 10.9. The second-order valence-corrected chi connectivity index (χ2v) is 4.56. The molecule has 0 bridgehead atoms. The Balaban J connectivity index is 2.66. The maximum absolute atomic E-state index is 12.3. The minimum atomic E-state index is -4.41. The van der Waals surface area contributed by atoms with E-state index in [2.05, 4.69) is 5.32 Å². The van der Waals surface area contributed by atoms with Gasteiger partial charge in [0.1, 0.15) is 0 Å². The van der Waals surface area contributed by atoms with E-state index >= 15 is 0 Å².